The van der Waals surface area contributed by atoms with Gasteiger partial charge in [0.2, 0.25) is 0 Å². The molecule has 0 aromatic heterocycles. The normalized spacial score (nSPS) is 14.9. The third-order valence-corrected chi connectivity index (χ3v) is 5.11. The van der Waals surface area contributed by atoms with Crippen LogP contribution in [0, 0.1) is 0 Å². The lowest BCUT2D eigenvalue weighted by Crippen LogP contribution is -2.27. The number of hydrogen-bond acceptors (Lipinski definition) is 6. The summed E-state index contributed by atoms with van der Waals surface area (Å²) >= 11 is 0. The van der Waals surface area contributed by atoms with Gasteiger partial charge < -0.3 is 15.2 Å². The first-order valence-corrected chi connectivity index (χ1v) is 10.3. The van der Waals surface area contributed by atoms with E-state index < -0.39 is 5.76 Å². The monoisotopic (exact) mass is 421 g/mol. The molecule has 2 aromatic carbocycles. The maximum atomic E-state index is 12.0. The Morgan fingerprint density at radius 1 is 1.13 bits per heavy atom. The molecule has 3 rings (SSSR count). The Balaban J connectivity index is 2.09. The number of benzene rings is 2. The number of anilines is 1. The van der Waals surface area contributed by atoms with Crippen molar-refractivity contribution >= 4 is 23.6 Å². The quantitative estimate of drug-likeness (QED) is 0.219. The molecule has 1 aliphatic carbocycles. The maximum Gasteiger partial charge on any atom is 0.266 e. The molecule has 0 saturated heterocycles. The number of hydrogen-bond donors (Lipinski definition) is 2. The van der Waals surface area contributed by atoms with E-state index in [-0.39, 0.29) is 17.7 Å². The number of carbonyl (C=O) groups excluding carboxylic acids is 2. The number of aldehydes is 1. The minimum absolute atomic E-state index is 0.169. The summed E-state index contributed by atoms with van der Waals surface area (Å²) in [6, 6.07) is 15.2. The Morgan fingerprint density at radius 2 is 1.77 bits per heavy atom. The van der Waals surface area contributed by atoms with Gasteiger partial charge in [-0.3, -0.25) is 9.59 Å². The molecule has 0 heterocycles. The van der Waals surface area contributed by atoms with Gasteiger partial charge in [0.1, 0.15) is 11.5 Å². The fraction of sp³-hybridized carbons (Fsp3) is 0.292. The van der Waals surface area contributed by atoms with Crippen molar-refractivity contribution in [2.24, 2.45) is 5.10 Å². The highest BCUT2D eigenvalue weighted by atomic mass is 16.5. The molecule has 0 unspecified atom stereocenters. The van der Waals surface area contributed by atoms with Gasteiger partial charge in [-0.2, -0.15) is 5.10 Å². The molecule has 0 radical (unpaired) electrons. The van der Waals surface area contributed by atoms with Crippen molar-refractivity contribution in [2.75, 3.05) is 12.1 Å². The van der Waals surface area contributed by atoms with E-state index in [1.807, 2.05) is 42.5 Å². The number of aliphatic hydroxyl groups excluding tert-OH is 1. The lowest BCUT2D eigenvalue weighted by Gasteiger charge is -2.22. The minimum Gasteiger partial charge on any atom is -0.503 e. The van der Waals surface area contributed by atoms with Gasteiger partial charge in [-0.05, 0) is 44.7 Å². The standard InChI is InChI=1S/C24H27N3O4/c1-17(24(30)25-2)26-27(15-18(29)16-28)22-13-7-5-11-20(22)21-12-6-8-14-23(21)31-19-9-3-4-10-19/h5-8,11-16,19,29H,3-4,9-10H2,1-2H3,(H,25,30)/b18-15+,26-17+. The van der Waals surface area contributed by atoms with Gasteiger partial charge in [-0.15, -0.1) is 0 Å². The van der Waals surface area contributed by atoms with E-state index >= 15 is 0 Å². The first-order valence-electron chi connectivity index (χ1n) is 10.3. The average molecular weight is 421 g/mol. The van der Waals surface area contributed by atoms with Gasteiger partial charge in [-0.1, -0.05) is 36.4 Å². The summed E-state index contributed by atoms with van der Waals surface area (Å²) in [4.78, 5) is 23.1. The number of allylic oxidation sites excluding steroid dienone is 1. The zero-order valence-corrected chi connectivity index (χ0v) is 17.7. The van der Waals surface area contributed by atoms with E-state index in [1.165, 1.54) is 31.1 Å². The van der Waals surface area contributed by atoms with Crippen LogP contribution in [0.4, 0.5) is 5.69 Å². The topological polar surface area (TPSA) is 91.2 Å². The Morgan fingerprint density at radius 3 is 2.45 bits per heavy atom. The Bertz CT molecular complexity index is 994. The molecule has 0 spiro atoms. The second kappa shape index (κ2) is 10.4. The third-order valence-electron chi connectivity index (χ3n) is 5.11. The van der Waals surface area contributed by atoms with E-state index in [9.17, 15) is 14.7 Å². The SMILES string of the molecule is CNC(=O)/C(C)=N/N(/C=C(/O)C=O)c1ccccc1-c1ccccc1OC1CCCC1. The second-order valence-electron chi connectivity index (χ2n) is 7.32. The molecule has 31 heavy (non-hydrogen) atoms. The molecule has 2 N–H and O–H groups in total. The summed E-state index contributed by atoms with van der Waals surface area (Å²) in [7, 11) is 1.51. The van der Waals surface area contributed by atoms with Crippen molar-refractivity contribution in [1.82, 2.24) is 5.32 Å². The molecule has 1 saturated carbocycles. The van der Waals surface area contributed by atoms with Crippen LogP contribution in [-0.4, -0.2) is 36.2 Å². The largest absolute Gasteiger partial charge is 0.503 e. The summed E-state index contributed by atoms with van der Waals surface area (Å²) < 4.78 is 6.30. The fourth-order valence-electron chi connectivity index (χ4n) is 3.57. The number of rotatable bonds is 8. The molecule has 0 atom stereocenters. The Kier molecular flexibility index (Phi) is 7.43. The van der Waals surface area contributed by atoms with Gasteiger partial charge in [-0.25, -0.2) is 5.01 Å². The van der Waals surface area contributed by atoms with Crippen molar-refractivity contribution in [3.63, 3.8) is 0 Å². The van der Waals surface area contributed by atoms with Gasteiger partial charge in [0, 0.05) is 18.2 Å². The van der Waals surface area contributed by atoms with Crippen molar-refractivity contribution in [1.29, 1.82) is 0 Å². The highest BCUT2D eigenvalue weighted by Gasteiger charge is 2.20. The molecule has 2 aromatic rings. The molecule has 1 amide bonds. The highest BCUT2D eigenvalue weighted by Crippen LogP contribution is 2.38. The van der Waals surface area contributed by atoms with Gasteiger partial charge in [0.05, 0.1) is 18.0 Å². The predicted molar refractivity (Wildman–Crippen MR) is 121 cm³/mol. The van der Waals surface area contributed by atoms with Crippen LogP contribution in [0.3, 0.4) is 0 Å². The zero-order valence-electron chi connectivity index (χ0n) is 17.7. The maximum absolute atomic E-state index is 12.0. The highest BCUT2D eigenvalue weighted by molar-refractivity contribution is 6.38. The summed E-state index contributed by atoms with van der Waals surface area (Å²) in [5.74, 6) is -0.123. The minimum atomic E-state index is -0.515. The van der Waals surface area contributed by atoms with Crippen LogP contribution in [0.2, 0.25) is 0 Å². The van der Waals surface area contributed by atoms with E-state index in [1.54, 1.807) is 13.0 Å². The molecule has 7 heteroatoms. The van der Waals surface area contributed by atoms with E-state index in [0.717, 1.165) is 29.7 Å². The number of nitrogens with one attached hydrogen (secondary N) is 1. The van der Waals surface area contributed by atoms with Gasteiger partial charge >= 0.3 is 0 Å². The third kappa shape index (κ3) is 5.51. The average Bonchev–Trinajstić information content (AvgIpc) is 3.31. The molecular weight excluding hydrogens is 394 g/mol. The number of hydrazone groups is 1. The summed E-state index contributed by atoms with van der Waals surface area (Å²) in [6.07, 6.45) is 6.09. The van der Waals surface area contributed by atoms with Crippen LogP contribution in [-0.2, 0) is 9.59 Å². The number of ether oxygens (including phenoxy) is 1. The lowest BCUT2D eigenvalue weighted by molar-refractivity contribution is -0.114. The van der Waals surface area contributed by atoms with Gasteiger partial charge in [0.25, 0.3) is 5.91 Å². The fourth-order valence-corrected chi connectivity index (χ4v) is 3.57. The van der Waals surface area contributed by atoms with Crippen molar-refractivity contribution in [2.45, 2.75) is 38.7 Å². The number of amides is 1. The first kappa shape index (κ1) is 22.1. The van der Waals surface area contributed by atoms with Crippen LogP contribution in [0.1, 0.15) is 32.6 Å². The van der Waals surface area contributed by atoms with Crippen LogP contribution in [0.15, 0.2) is 65.6 Å². The predicted octanol–water partition coefficient (Wildman–Crippen LogP) is 4.20. The van der Waals surface area contributed by atoms with Crippen LogP contribution in [0.5, 0.6) is 5.75 Å². The van der Waals surface area contributed by atoms with Crippen molar-refractivity contribution in [3.8, 4) is 16.9 Å². The number of para-hydroxylation sites is 2. The molecule has 1 fully saturated rings. The van der Waals surface area contributed by atoms with E-state index in [0.29, 0.717) is 12.0 Å². The van der Waals surface area contributed by atoms with Gasteiger partial charge in [0.15, 0.2) is 12.0 Å². The molecule has 0 aliphatic heterocycles. The number of carbonyl (C=O) groups is 2. The molecule has 162 valence electrons. The van der Waals surface area contributed by atoms with Crippen molar-refractivity contribution < 1.29 is 19.4 Å². The molecule has 0 bridgehead atoms. The van der Waals surface area contributed by atoms with Crippen LogP contribution < -0.4 is 15.1 Å². The first-order chi connectivity index (χ1) is 15.0. The summed E-state index contributed by atoms with van der Waals surface area (Å²) in [6.45, 7) is 1.55. The molecule has 7 nitrogen and oxygen atoms in total. The Hall–Kier alpha value is -3.61. The number of aliphatic hydroxyl groups is 1. The van der Waals surface area contributed by atoms with E-state index in [4.69, 9.17) is 4.74 Å². The molecule has 1 aliphatic rings. The zero-order chi connectivity index (χ0) is 22.2. The van der Waals surface area contributed by atoms with Crippen molar-refractivity contribution in [3.05, 3.63) is 60.5 Å². The van der Waals surface area contributed by atoms with Crippen LogP contribution in [0.25, 0.3) is 11.1 Å². The second-order valence-corrected chi connectivity index (χ2v) is 7.32. The summed E-state index contributed by atoms with van der Waals surface area (Å²) in [5.41, 5.74) is 2.41. The molecular formula is C24H27N3O4. The Labute approximate surface area is 182 Å². The lowest BCUT2D eigenvalue weighted by atomic mass is 10.0. The van der Waals surface area contributed by atoms with E-state index in [2.05, 4.69) is 10.4 Å². The summed E-state index contributed by atoms with van der Waals surface area (Å²) in [5, 5.41) is 18.0. The number of nitrogens with zero attached hydrogens (tertiary/aromatic N) is 2. The van der Waals surface area contributed by atoms with Crippen LogP contribution >= 0.6 is 0 Å². The smallest absolute Gasteiger partial charge is 0.266 e.